The Bertz CT molecular complexity index is 927. The van der Waals surface area contributed by atoms with Crippen LogP contribution in [0, 0.1) is 18.3 Å². The summed E-state index contributed by atoms with van der Waals surface area (Å²) in [6.45, 7) is 12.3. The summed E-state index contributed by atoms with van der Waals surface area (Å²) >= 11 is 0. The van der Waals surface area contributed by atoms with Gasteiger partial charge in [0, 0.05) is 36.4 Å². The maximum Gasteiger partial charge on any atom is 0.267 e. The Balaban J connectivity index is 0.00000450. The second-order valence-electron chi connectivity index (χ2n) is 7.18. The van der Waals surface area contributed by atoms with Crippen LogP contribution in [0.4, 0.5) is 17.1 Å². The van der Waals surface area contributed by atoms with Crippen molar-refractivity contribution in [3.05, 3.63) is 65.4 Å². The highest BCUT2D eigenvalue weighted by Gasteiger charge is 2.13. The molecule has 1 amide bonds. The van der Waals surface area contributed by atoms with Gasteiger partial charge in [-0.3, -0.25) is 4.79 Å². The first kappa shape index (κ1) is 25.1. The fourth-order valence-electron chi connectivity index (χ4n) is 3.20. The third kappa shape index (κ3) is 6.27. The van der Waals surface area contributed by atoms with Crippen LogP contribution >= 0.6 is 0 Å². The van der Waals surface area contributed by atoms with Crippen LogP contribution in [0.25, 0.3) is 0 Å². The molecule has 0 fully saturated rings. The number of carbonyl (C=O) groups excluding carboxylic acids is 1. The fourth-order valence-corrected chi connectivity index (χ4v) is 3.20. The van der Waals surface area contributed by atoms with Gasteiger partial charge in [-0.2, -0.15) is 5.26 Å². The summed E-state index contributed by atoms with van der Waals surface area (Å²) in [6, 6.07) is 15.8. The quantitative estimate of drug-likeness (QED) is 0.503. The number of para-hydroxylation sites is 1. The number of hydrogen-bond acceptors (Lipinski definition) is 4. The molecule has 0 unspecified atom stereocenters. The minimum absolute atomic E-state index is 0. The van der Waals surface area contributed by atoms with Crippen molar-refractivity contribution in [3.8, 4) is 6.07 Å². The summed E-state index contributed by atoms with van der Waals surface area (Å²) in [5.74, 6) is -0.156. The van der Waals surface area contributed by atoms with E-state index in [1.54, 1.807) is 0 Å². The lowest BCUT2D eigenvalue weighted by Gasteiger charge is -2.22. The zero-order valence-electron chi connectivity index (χ0n) is 18.3. The van der Waals surface area contributed by atoms with E-state index in [9.17, 15) is 10.1 Å². The predicted octanol–water partition coefficient (Wildman–Crippen LogP) is 2.43. The minimum Gasteiger partial charge on any atom is -1.00 e. The molecule has 0 aliphatic rings. The third-order valence-electron chi connectivity index (χ3n) is 4.91. The van der Waals surface area contributed by atoms with Crippen molar-refractivity contribution >= 4 is 23.0 Å². The Labute approximate surface area is 186 Å². The van der Waals surface area contributed by atoms with Crippen molar-refractivity contribution < 1.29 is 17.2 Å². The van der Waals surface area contributed by atoms with Crippen LogP contribution in [0.3, 0.4) is 0 Å². The minimum atomic E-state index is -0.425. The molecule has 5 nitrogen and oxygen atoms in total. The van der Waals surface area contributed by atoms with E-state index in [-0.39, 0.29) is 23.9 Å². The molecule has 2 N–H and O–H groups in total. The molecule has 0 aliphatic carbocycles. The lowest BCUT2D eigenvalue weighted by Crippen LogP contribution is -3.00. The van der Waals surface area contributed by atoms with Crippen molar-refractivity contribution in [2.24, 2.45) is 0 Å². The molecule has 0 aromatic heterocycles. The van der Waals surface area contributed by atoms with Crippen LogP contribution in [-0.2, 0) is 4.79 Å². The van der Waals surface area contributed by atoms with Crippen LogP contribution < -0.4 is 27.9 Å². The molecular formula is C24H30ClN4O-. The molecule has 6 heteroatoms. The van der Waals surface area contributed by atoms with Gasteiger partial charge in [-0.05, 0) is 62.1 Å². The van der Waals surface area contributed by atoms with Crippen molar-refractivity contribution in [2.75, 3.05) is 28.6 Å². The van der Waals surface area contributed by atoms with Crippen LogP contribution in [0.15, 0.2) is 54.2 Å². The van der Waals surface area contributed by atoms with E-state index in [2.05, 4.69) is 49.3 Å². The largest absolute Gasteiger partial charge is 1.00 e. The van der Waals surface area contributed by atoms with Gasteiger partial charge in [0.1, 0.15) is 11.6 Å². The molecule has 0 saturated heterocycles. The van der Waals surface area contributed by atoms with Gasteiger partial charge in [0.2, 0.25) is 0 Å². The first-order valence-electron chi connectivity index (χ1n) is 10.0. The Morgan fingerprint density at radius 3 is 2.37 bits per heavy atom. The van der Waals surface area contributed by atoms with Gasteiger partial charge in [-0.25, -0.2) is 0 Å². The second kappa shape index (κ2) is 11.9. The van der Waals surface area contributed by atoms with Gasteiger partial charge in [-0.15, -0.1) is 0 Å². The van der Waals surface area contributed by atoms with E-state index in [0.29, 0.717) is 0 Å². The van der Waals surface area contributed by atoms with Gasteiger partial charge in [0.25, 0.3) is 5.91 Å². The Morgan fingerprint density at radius 1 is 1.13 bits per heavy atom. The normalized spacial score (nSPS) is 10.8. The molecule has 0 saturated carbocycles. The number of halogens is 1. The van der Waals surface area contributed by atoms with Gasteiger partial charge in [0.15, 0.2) is 0 Å². The Kier molecular flexibility index (Phi) is 9.94. The number of nitrogens with zero attached hydrogens (tertiary/aromatic N) is 2. The number of benzene rings is 2. The molecule has 0 heterocycles. The average molecular weight is 426 g/mol. The van der Waals surface area contributed by atoms with Crippen LogP contribution in [0.2, 0.25) is 0 Å². The molecule has 2 aromatic rings. The average Bonchev–Trinajstić information content (AvgIpc) is 2.71. The number of anilines is 3. The topological polar surface area (TPSA) is 68.2 Å². The van der Waals surface area contributed by atoms with Gasteiger partial charge >= 0.3 is 0 Å². The summed E-state index contributed by atoms with van der Waals surface area (Å²) in [5, 5.41) is 15.4. The molecule has 0 radical (unpaired) electrons. The molecule has 0 bridgehead atoms. The number of hydrogen-bond donors (Lipinski definition) is 2. The van der Waals surface area contributed by atoms with E-state index in [4.69, 9.17) is 0 Å². The molecule has 0 atom stereocenters. The number of amides is 1. The molecule has 2 aromatic carbocycles. The number of rotatable bonds is 8. The van der Waals surface area contributed by atoms with Crippen LogP contribution in [0.5, 0.6) is 0 Å². The number of nitrogens with one attached hydrogen (secondary N) is 2. The van der Waals surface area contributed by atoms with Gasteiger partial charge in [-0.1, -0.05) is 32.0 Å². The summed E-state index contributed by atoms with van der Waals surface area (Å²) in [5.41, 5.74) is 4.86. The monoisotopic (exact) mass is 425 g/mol. The molecule has 0 spiro atoms. The lowest BCUT2D eigenvalue weighted by molar-refractivity contribution is -0.112. The molecule has 2 rings (SSSR count). The molecular weight excluding hydrogens is 396 g/mol. The standard InChI is InChI=1S/C24H30N4O.ClH/c1-6-28(7-2)20-12-13-22(18(5)14-20)26-16-19(15-25)24(29)27-23-11-9-8-10-21(23)17(3)4;/h8-14,16-17,26H,6-7H2,1-5H3,(H,27,29);1H/p-1/b19-16-;. The zero-order valence-corrected chi connectivity index (χ0v) is 19.0. The number of carbonyl (C=O) groups is 1. The number of nitriles is 1. The van der Waals surface area contributed by atoms with E-state index in [1.165, 1.54) is 6.20 Å². The van der Waals surface area contributed by atoms with Crippen LogP contribution in [-0.4, -0.2) is 19.0 Å². The Hall–Kier alpha value is -2.97. The SMILES string of the molecule is CCN(CC)c1ccc(N/C=C(/C#N)C(=O)Nc2ccccc2C(C)C)c(C)c1.[Cl-]. The first-order valence-corrected chi connectivity index (χ1v) is 10.0. The van der Waals surface area contributed by atoms with Gasteiger partial charge < -0.3 is 27.9 Å². The van der Waals surface area contributed by atoms with E-state index in [1.807, 2.05) is 49.4 Å². The predicted molar refractivity (Wildman–Crippen MR) is 121 cm³/mol. The number of aryl methyl sites for hydroxylation is 1. The summed E-state index contributed by atoms with van der Waals surface area (Å²) < 4.78 is 0. The van der Waals surface area contributed by atoms with Crippen molar-refractivity contribution in [3.63, 3.8) is 0 Å². The Morgan fingerprint density at radius 2 is 1.80 bits per heavy atom. The fraction of sp³-hybridized carbons (Fsp3) is 0.333. The van der Waals surface area contributed by atoms with Crippen molar-refractivity contribution in [1.82, 2.24) is 0 Å². The van der Waals surface area contributed by atoms with E-state index < -0.39 is 5.91 Å². The molecule has 30 heavy (non-hydrogen) atoms. The molecule has 160 valence electrons. The third-order valence-corrected chi connectivity index (χ3v) is 4.91. The van der Waals surface area contributed by atoms with E-state index in [0.717, 1.165) is 41.3 Å². The molecule has 0 aliphatic heterocycles. The van der Waals surface area contributed by atoms with Crippen molar-refractivity contribution in [2.45, 2.75) is 40.5 Å². The maximum absolute atomic E-state index is 12.6. The summed E-state index contributed by atoms with van der Waals surface area (Å²) in [7, 11) is 0. The van der Waals surface area contributed by atoms with Crippen molar-refractivity contribution in [1.29, 1.82) is 5.26 Å². The second-order valence-corrected chi connectivity index (χ2v) is 7.18. The lowest BCUT2D eigenvalue weighted by atomic mass is 10.0. The highest BCUT2D eigenvalue weighted by Crippen LogP contribution is 2.25. The van der Waals surface area contributed by atoms with Crippen LogP contribution in [0.1, 0.15) is 44.7 Å². The highest BCUT2D eigenvalue weighted by atomic mass is 35.5. The first-order chi connectivity index (χ1) is 13.9. The maximum atomic E-state index is 12.6. The summed E-state index contributed by atoms with van der Waals surface area (Å²) in [4.78, 5) is 14.9. The summed E-state index contributed by atoms with van der Waals surface area (Å²) in [6.07, 6.45) is 1.47. The smallest absolute Gasteiger partial charge is 0.267 e. The van der Waals surface area contributed by atoms with E-state index >= 15 is 0 Å². The highest BCUT2D eigenvalue weighted by molar-refractivity contribution is 6.07. The van der Waals surface area contributed by atoms with Gasteiger partial charge in [0.05, 0.1) is 0 Å². The zero-order chi connectivity index (χ0) is 21.4.